The first-order valence-electron chi connectivity index (χ1n) is 8.73. The van der Waals surface area contributed by atoms with Gasteiger partial charge in [-0.15, -0.1) is 0 Å². The topological polar surface area (TPSA) is 91.7 Å². The van der Waals surface area contributed by atoms with Gasteiger partial charge in [0.05, 0.1) is 18.2 Å². The standard InChI is InChI=1S/C19H19Cl2N3O4S/c1-27-16-3-5-17(6-4-16)28-11-15-9-14(10-24(15)12-22)23-29(25,26)19-8-13(20)2-7-18(19)21/h2-8,14-15,23H,9-11H2,1H3. The Labute approximate surface area is 179 Å². The molecule has 1 aliphatic rings. The van der Waals surface area contributed by atoms with Gasteiger partial charge in [0, 0.05) is 17.6 Å². The van der Waals surface area contributed by atoms with E-state index in [4.69, 9.17) is 32.7 Å². The summed E-state index contributed by atoms with van der Waals surface area (Å²) in [5, 5.41) is 9.75. The van der Waals surface area contributed by atoms with Gasteiger partial charge in [-0.1, -0.05) is 23.2 Å². The molecule has 1 fully saturated rings. The predicted octanol–water partition coefficient (Wildman–Crippen LogP) is 3.28. The second kappa shape index (κ2) is 9.09. The molecule has 0 aliphatic carbocycles. The summed E-state index contributed by atoms with van der Waals surface area (Å²) in [5.41, 5.74) is 0. The van der Waals surface area contributed by atoms with Crippen LogP contribution in [-0.2, 0) is 10.0 Å². The number of hydrogen-bond donors (Lipinski definition) is 1. The number of nitrogens with zero attached hydrogens (tertiary/aromatic N) is 2. The SMILES string of the molecule is COc1ccc(OCC2CC(NS(=O)(=O)c3cc(Cl)ccc3Cl)CN2C#N)cc1. The van der Waals surface area contributed by atoms with Crippen molar-refractivity contribution in [3.8, 4) is 17.7 Å². The second-order valence-electron chi connectivity index (χ2n) is 6.52. The Hall–Kier alpha value is -2.18. The first-order chi connectivity index (χ1) is 13.8. The van der Waals surface area contributed by atoms with Crippen LogP contribution >= 0.6 is 23.2 Å². The molecule has 0 spiro atoms. The zero-order chi connectivity index (χ0) is 21.0. The summed E-state index contributed by atoms with van der Waals surface area (Å²) in [5.74, 6) is 1.35. The first-order valence-corrected chi connectivity index (χ1v) is 11.0. The lowest BCUT2D eigenvalue weighted by Crippen LogP contribution is -2.36. The molecule has 0 amide bonds. The summed E-state index contributed by atoms with van der Waals surface area (Å²) in [7, 11) is -2.30. The summed E-state index contributed by atoms with van der Waals surface area (Å²) < 4.78 is 38.9. The molecule has 2 unspecified atom stereocenters. The summed E-state index contributed by atoms with van der Waals surface area (Å²) in [4.78, 5) is 1.42. The Morgan fingerprint density at radius 2 is 1.90 bits per heavy atom. The molecular formula is C19H19Cl2N3O4S. The molecule has 2 atom stereocenters. The number of nitriles is 1. The van der Waals surface area contributed by atoms with Crippen LogP contribution in [0.3, 0.4) is 0 Å². The van der Waals surface area contributed by atoms with Gasteiger partial charge in [-0.3, -0.25) is 0 Å². The smallest absolute Gasteiger partial charge is 0.242 e. The minimum Gasteiger partial charge on any atom is -0.497 e. The quantitative estimate of drug-likeness (QED) is 0.643. The van der Waals surface area contributed by atoms with Crippen molar-refractivity contribution in [3.63, 3.8) is 0 Å². The van der Waals surface area contributed by atoms with Gasteiger partial charge in [0.2, 0.25) is 10.0 Å². The van der Waals surface area contributed by atoms with E-state index in [9.17, 15) is 13.7 Å². The molecule has 0 aromatic heterocycles. The fourth-order valence-corrected chi connectivity index (χ4v) is 5.12. The van der Waals surface area contributed by atoms with Crippen molar-refractivity contribution < 1.29 is 17.9 Å². The van der Waals surface area contributed by atoms with Gasteiger partial charge in [0.1, 0.15) is 23.0 Å². The molecule has 29 heavy (non-hydrogen) atoms. The lowest BCUT2D eigenvalue weighted by Gasteiger charge is -2.18. The monoisotopic (exact) mass is 455 g/mol. The molecule has 1 aliphatic heterocycles. The summed E-state index contributed by atoms with van der Waals surface area (Å²) >= 11 is 11.9. The molecule has 1 N–H and O–H groups in total. The number of halogens is 2. The van der Waals surface area contributed by atoms with Crippen molar-refractivity contribution in [2.45, 2.75) is 23.4 Å². The molecule has 2 aromatic rings. The number of rotatable bonds is 7. The predicted molar refractivity (Wildman–Crippen MR) is 110 cm³/mol. The largest absolute Gasteiger partial charge is 0.497 e. The summed E-state index contributed by atoms with van der Waals surface area (Å²) in [6, 6.07) is 10.6. The number of nitrogens with one attached hydrogen (secondary N) is 1. The van der Waals surface area contributed by atoms with E-state index in [-0.39, 0.29) is 34.1 Å². The third kappa shape index (κ3) is 5.25. The molecule has 10 heteroatoms. The maximum absolute atomic E-state index is 12.7. The number of likely N-dealkylation sites (tertiary alicyclic amines) is 1. The van der Waals surface area contributed by atoms with E-state index in [1.165, 1.54) is 23.1 Å². The van der Waals surface area contributed by atoms with Gasteiger partial charge in [0.25, 0.3) is 0 Å². The first kappa shape index (κ1) is 21.5. The lowest BCUT2D eigenvalue weighted by atomic mass is 10.2. The van der Waals surface area contributed by atoms with E-state index in [0.717, 1.165) is 0 Å². The number of methoxy groups -OCH3 is 1. The van der Waals surface area contributed by atoms with E-state index in [0.29, 0.717) is 17.9 Å². The maximum Gasteiger partial charge on any atom is 0.242 e. The van der Waals surface area contributed by atoms with E-state index in [2.05, 4.69) is 10.9 Å². The van der Waals surface area contributed by atoms with Crippen LogP contribution in [0.2, 0.25) is 10.0 Å². The van der Waals surface area contributed by atoms with Crippen LogP contribution in [0.25, 0.3) is 0 Å². The fraction of sp³-hybridized carbons (Fsp3) is 0.316. The number of ether oxygens (including phenoxy) is 2. The zero-order valence-electron chi connectivity index (χ0n) is 15.5. The number of hydrogen-bond acceptors (Lipinski definition) is 6. The van der Waals surface area contributed by atoms with Crippen LogP contribution in [0.1, 0.15) is 6.42 Å². The van der Waals surface area contributed by atoms with Crippen molar-refractivity contribution in [3.05, 3.63) is 52.5 Å². The highest BCUT2D eigenvalue weighted by atomic mass is 35.5. The number of sulfonamides is 1. The Balaban J connectivity index is 1.65. The maximum atomic E-state index is 12.7. The van der Waals surface area contributed by atoms with Crippen molar-refractivity contribution >= 4 is 33.2 Å². The van der Waals surface area contributed by atoms with Gasteiger partial charge in [-0.05, 0) is 48.9 Å². The van der Waals surface area contributed by atoms with Gasteiger partial charge in [0.15, 0.2) is 6.19 Å². The van der Waals surface area contributed by atoms with Crippen LogP contribution in [0.15, 0.2) is 47.4 Å². The van der Waals surface area contributed by atoms with E-state index < -0.39 is 16.1 Å². The number of benzene rings is 2. The van der Waals surface area contributed by atoms with Crippen molar-refractivity contribution in [2.24, 2.45) is 0 Å². The molecular weight excluding hydrogens is 437 g/mol. The highest BCUT2D eigenvalue weighted by molar-refractivity contribution is 7.89. The van der Waals surface area contributed by atoms with Gasteiger partial charge < -0.3 is 14.4 Å². The average molecular weight is 456 g/mol. The molecule has 0 bridgehead atoms. The van der Waals surface area contributed by atoms with Crippen LogP contribution in [0.5, 0.6) is 11.5 Å². The Morgan fingerprint density at radius 1 is 1.21 bits per heavy atom. The zero-order valence-corrected chi connectivity index (χ0v) is 17.8. The molecule has 1 heterocycles. The molecule has 2 aromatic carbocycles. The Morgan fingerprint density at radius 3 is 2.55 bits per heavy atom. The summed E-state index contributed by atoms with van der Waals surface area (Å²) in [6.07, 6.45) is 2.51. The van der Waals surface area contributed by atoms with Gasteiger partial charge >= 0.3 is 0 Å². The molecule has 7 nitrogen and oxygen atoms in total. The minimum absolute atomic E-state index is 0.0800. The Bertz CT molecular complexity index is 1010. The molecule has 0 radical (unpaired) electrons. The lowest BCUT2D eigenvalue weighted by molar-refractivity contribution is 0.219. The fourth-order valence-electron chi connectivity index (χ4n) is 3.11. The highest BCUT2D eigenvalue weighted by Gasteiger charge is 2.35. The summed E-state index contributed by atoms with van der Waals surface area (Å²) in [6.45, 7) is 0.487. The second-order valence-corrected chi connectivity index (χ2v) is 9.05. The molecule has 1 saturated heterocycles. The van der Waals surface area contributed by atoms with Gasteiger partial charge in [-0.2, -0.15) is 5.26 Å². The van der Waals surface area contributed by atoms with E-state index in [1.54, 1.807) is 31.4 Å². The highest BCUT2D eigenvalue weighted by Crippen LogP contribution is 2.27. The van der Waals surface area contributed by atoms with Crippen molar-refractivity contribution in [1.29, 1.82) is 5.26 Å². The molecule has 0 saturated carbocycles. The third-order valence-corrected chi connectivity index (χ3v) is 6.79. The van der Waals surface area contributed by atoms with E-state index >= 15 is 0 Å². The van der Waals surface area contributed by atoms with Crippen LogP contribution in [0, 0.1) is 11.5 Å². The Kier molecular flexibility index (Phi) is 6.75. The van der Waals surface area contributed by atoms with Gasteiger partial charge in [-0.25, -0.2) is 13.1 Å². The van der Waals surface area contributed by atoms with E-state index in [1.807, 2.05) is 0 Å². The molecule has 154 valence electrons. The minimum atomic E-state index is -3.88. The van der Waals surface area contributed by atoms with Crippen molar-refractivity contribution in [1.82, 2.24) is 9.62 Å². The molecule has 3 rings (SSSR count). The van der Waals surface area contributed by atoms with Crippen LogP contribution in [-0.4, -0.2) is 45.7 Å². The normalized spacial score (nSPS) is 19.0. The average Bonchev–Trinajstić information content (AvgIpc) is 3.09. The third-order valence-electron chi connectivity index (χ3n) is 4.55. The van der Waals surface area contributed by atoms with Crippen molar-refractivity contribution in [2.75, 3.05) is 20.3 Å². The van der Waals surface area contributed by atoms with Crippen LogP contribution in [0.4, 0.5) is 0 Å². The van der Waals surface area contributed by atoms with Crippen LogP contribution < -0.4 is 14.2 Å².